The lowest BCUT2D eigenvalue weighted by Crippen LogP contribution is -2.31. The summed E-state index contributed by atoms with van der Waals surface area (Å²) in [5.41, 5.74) is 2.07. The van der Waals surface area contributed by atoms with Gasteiger partial charge >= 0.3 is 0 Å². The topological polar surface area (TPSA) is 51.2 Å². The van der Waals surface area contributed by atoms with E-state index in [1.54, 1.807) is 0 Å². The van der Waals surface area contributed by atoms with Crippen LogP contribution < -0.4 is 0 Å². The minimum absolute atomic E-state index is 0.0887. The second-order valence-electron chi connectivity index (χ2n) is 14.6. The van der Waals surface area contributed by atoms with Crippen molar-refractivity contribution in [2.45, 2.75) is 83.1 Å². The highest BCUT2D eigenvalue weighted by Gasteiger charge is 2.57. The molecule has 0 bridgehead atoms. The first kappa shape index (κ1) is 26.6. The number of carbonyl (C=O) groups excluding carboxylic acids is 3. The molecule has 3 nitrogen and oxygen atoms in total. The molecule has 0 spiro atoms. The number of carbonyl (C=O) groups is 3. The van der Waals surface area contributed by atoms with Crippen molar-refractivity contribution in [2.75, 3.05) is 0 Å². The summed E-state index contributed by atoms with van der Waals surface area (Å²) in [7, 11) is 0. The fourth-order valence-electron chi connectivity index (χ4n) is 5.37. The Morgan fingerprint density at radius 1 is 0.441 bits per heavy atom. The number of hydrogen-bond donors (Lipinski definition) is 0. The van der Waals surface area contributed by atoms with Crippen LogP contribution in [0.1, 0.15) is 83.1 Å². The van der Waals surface area contributed by atoms with Crippen LogP contribution in [0.3, 0.4) is 0 Å². The van der Waals surface area contributed by atoms with Gasteiger partial charge in [0, 0.05) is 46.0 Å². The highest BCUT2D eigenvalue weighted by molar-refractivity contribution is 6.12. The number of rotatable bonds is 2. The Morgan fingerprint density at radius 2 is 0.647 bits per heavy atom. The molecular formula is C31H44O3. The van der Waals surface area contributed by atoms with Crippen molar-refractivity contribution in [2.24, 2.45) is 45.3 Å². The summed E-state index contributed by atoms with van der Waals surface area (Å²) in [5.74, 6) is -0.0416. The molecule has 3 rings (SSSR count). The van der Waals surface area contributed by atoms with E-state index in [-0.39, 0.29) is 62.7 Å². The quantitative estimate of drug-likeness (QED) is 0.438. The van der Waals surface area contributed by atoms with Gasteiger partial charge in [-0.25, -0.2) is 0 Å². The predicted octanol–water partition coefficient (Wildman–Crippen LogP) is 7.09. The summed E-state index contributed by atoms with van der Waals surface area (Å²) in [6.45, 7) is 24.8. The predicted molar refractivity (Wildman–Crippen MR) is 139 cm³/mol. The first-order chi connectivity index (χ1) is 15.2. The smallest absolute Gasteiger partial charge is 0.185 e. The van der Waals surface area contributed by atoms with Gasteiger partial charge in [-0.3, -0.25) is 14.4 Å². The van der Waals surface area contributed by atoms with Gasteiger partial charge in [-0.2, -0.15) is 0 Å². The van der Waals surface area contributed by atoms with Crippen LogP contribution in [0.4, 0.5) is 0 Å². The first-order valence-corrected chi connectivity index (χ1v) is 12.7. The van der Waals surface area contributed by atoms with Crippen molar-refractivity contribution in [3.63, 3.8) is 0 Å². The maximum absolute atomic E-state index is 13.3. The Hall–Kier alpha value is -2.03. The van der Waals surface area contributed by atoms with Gasteiger partial charge in [-0.05, 0) is 21.7 Å². The van der Waals surface area contributed by atoms with E-state index in [4.69, 9.17) is 0 Å². The molecule has 0 aromatic heterocycles. The molecule has 2 atom stereocenters. The number of allylic oxidation sites excluding steroid dienone is 8. The van der Waals surface area contributed by atoms with Crippen LogP contribution in [0.2, 0.25) is 0 Å². The molecular weight excluding hydrogens is 420 g/mol. The highest BCUT2D eigenvalue weighted by Crippen LogP contribution is 2.53. The summed E-state index contributed by atoms with van der Waals surface area (Å²) in [6.07, 6.45) is 8.21. The second-order valence-corrected chi connectivity index (χ2v) is 14.6. The fraction of sp³-hybridized carbons (Fsp3) is 0.645. The molecule has 2 unspecified atom stereocenters. The van der Waals surface area contributed by atoms with E-state index in [9.17, 15) is 14.4 Å². The lowest BCUT2D eigenvalue weighted by molar-refractivity contribution is -0.115. The zero-order valence-electron chi connectivity index (χ0n) is 23.3. The minimum Gasteiger partial charge on any atom is -0.299 e. The average molecular weight is 465 g/mol. The van der Waals surface area contributed by atoms with E-state index in [0.29, 0.717) is 0 Å². The Labute approximate surface area is 206 Å². The summed E-state index contributed by atoms with van der Waals surface area (Å²) < 4.78 is 0. The monoisotopic (exact) mass is 464 g/mol. The third kappa shape index (κ3) is 4.86. The third-order valence-corrected chi connectivity index (χ3v) is 7.41. The Bertz CT molecular complexity index is 894. The zero-order chi connectivity index (χ0) is 26.2. The molecule has 0 amide bonds. The van der Waals surface area contributed by atoms with Crippen molar-refractivity contribution < 1.29 is 14.4 Å². The van der Waals surface area contributed by atoms with Gasteiger partial charge in [0.1, 0.15) is 5.78 Å². The lowest BCUT2D eigenvalue weighted by Gasteiger charge is -2.34. The van der Waals surface area contributed by atoms with Gasteiger partial charge < -0.3 is 0 Å². The van der Waals surface area contributed by atoms with Crippen LogP contribution in [0.25, 0.3) is 0 Å². The lowest BCUT2D eigenvalue weighted by atomic mass is 9.69. The molecule has 186 valence electrons. The van der Waals surface area contributed by atoms with E-state index in [0.717, 1.165) is 22.3 Å². The van der Waals surface area contributed by atoms with Gasteiger partial charge in [0.25, 0.3) is 0 Å². The Kier molecular flexibility index (Phi) is 6.25. The highest BCUT2D eigenvalue weighted by atomic mass is 16.1. The van der Waals surface area contributed by atoms with E-state index < -0.39 is 0 Å². The summed E-state index contributed by atoms with van der Waals surface area (Å²) >= 11 is 0. The van der Waals surface area contributed by atoms with Gasteiger partial charge in [-0.1, -0.05) is 107 Å². The molecule has 0 radical (unpaired) electrons. The number of hydrogen-bond acceptors (Lipinski definition) is 3. The standard InChI is InChI=1S/C31H44O3/c1-28(2,3)19-13-17(14-20(25(19)32)29(4,5)6)23-24(27(23)34)18-15-21(30(7,8)9)26(33)22(16-18)31(10,11)12/h13-18,23-24H,1-12H3. The molecule has 0 N–H and O–H groups in total. The third-order valence-electron chi connectivity index (χ3n) is 7.41. The van der Waals surface area contributed by atoms with Crippen LogP contribution in [0, 0.1) is 45.3 Å². The van der Waals surface area contributed by atoms with Crippen LogP contribution in [0.5, 0.6) is 0 Å². The minimum atomic E-state index is -0.288. The molecule has 3 aliphatic rings. The Morgan fingerprint density at radius 3 is 0.824 bits per heavy atom. The van der Waals surface area contributed by atoms with Crippen molar-refractivity contribution in [1.82, 2.24) is 0 Å². The molecule has 0 aromatic carbocycles. The van der Waals surface area contributed by atoms with Crippen molar-refractivity contribution in [3.8, 4) is 0 Å². The molecule has 3 aliphatic carbocycles. The molecule has 1 saturated carbocycles. The van der Waals surface area contributed by atoms with E-state index in [1.807, 2.05) is 0 Å². The van der Waals surface area contributed by atoms with Gasteiger partial charge in [0.2, 0.25) is 0 Å². The summed E-state index contributed by atoms with van der Waals surface area (Å²) in [4.78, 5) is 40.0. The molecule has 34 heavy (non-hydrogen) atoms. The molecule has 0 aromatic rings. The van der Waals surface area contributed by atoms with E-state index in [1.165, 1.54) is 0 Å². The zero-order valence-corrected chi connectivity index (χ0v) is 23.3. The summed E-state index contributed by atoms with van der Waals surface area (Å²) in [6, 6.07) is 0. The van der Waals surface area contributed by atoms with Crippen molar-refractivity contribution in [3.05, 3.63) is 46.6 Å². The average Bonchev–Trinajstić information content (AvgIpc) is 3.29. The maximum Gasteiger partial charge on any atom is 0.185 e. The molecule has 0 heterocycles. The van der Waals surface area contributed by atoms with E-state index in [2.05, 4.69) is 107 Å². The maximum atomic E-state index is 13.3. The van der Waals surface area contributed by atoms with Gasteiger partial charge in [-0.15, -0.1) is 0 Å². The fourth-order valence-corrected chi connectivity index (χ4v) is 5.37. The molecule has 1 fully saturated rings. The van der Waals surface area contributed by atoms with Crippen LogP contribution in [0.15, 0.2) is 46.6 Å². The Balaban J connectivity index is 2.06. The number of ketones is 3. The van der Waals surface area contributed by atoms with Crippen LogP contribution in [-0.2, 0) is 14.4 Å². The van der Waals surface area contributed by atoms with Crippen LogP contribution >= 0.6 is 0 Å². The number of Topliss-reactive ketones (excluding diaryl/α,β-unsaturated/α-hetero) is 3. The first-order valence-electron chi connectivity index (χ1n) is 12.7. The SMILES string of the molecule is CC(C)(C)C1=CC(C2C(=O)C2C2C=C(C(C)(C)C)C(=O)C(C(C)(C)C)=C2)C=C(C(C)(C)C)C1=O. The molecule has 0 aliphatic heterocycles. The normalized spacial score (nSPS) is 25.7. The largest absolute Gasteiger partial charge is 0.299 e. The van der Waals surface area contributed by atoms with Crippen molar-refractivity contribution >= 4 is 17.3 Å². The molecule has 3 heteroatoms. The molecule has 0 saturated heterocycles. The van der Waals surface area contributed by atoms with Crippen molar-refractivity contribution in [1.29, 1.82) is 0 Å². The van der Waals surface area contributed by atoms with Crippen LogP contribution in [-0.4, -0.2) is 17.3 Å². The van der Waals surface area contributed by atoms with E-state index >= 15 is 0 Å². The second kappa shape index (κ2) is 8.00. The van der Waals surface area contributed by atoms with Gasteiger partial charge in [0.05, 0.1) is 0 Å². The summed E-state index contributed by atoms with van der Waals surface area (Å²) in [5, 5.41) is 0. The van der Waals surface area contributed by atoms with Gasteiger partial charge in [0.15, 0.2) is 11.6 Å².